The summed E-state index contributed by atoms with van der Waals surface area (Å²) in [6.07, 6.45) is 10.5. The Morgan fingerprint density at radius 3 is 2.35 bits per heavy atom. The second-order valence-electron chi connectivity index (χ2n) is 4.28. The third kappa shape index (κ3) is 9.09. The Kier molecular flexibility index (Phi) is 11.4. The van der Waals surface area contributed by atoms with E-state index in [1.54, 1.807) is 19.7 Å². The minimum atomic E-state index is -3.17. The zero-order valence-electron chi connectivity index (χ0n) is 12.5. The van der Waals surface area contributed by atoms with Crippen molar-refractivity contribution in [1.82, 2.24) is 0 Å². The molecule has 0 N–H and O–H groups in total. The highest BCUT2D eigenvalue weighted by atomic mass is 31.2. The highest BCUT2D eigenvalue weighted by Gasteiger charge is 2.20. The average Bonchev–Trinajstić information content (AvgIpc) is 2.41. The van der Waals surface area contributed by atoms with Crippen LogP contribution in [0.4, 0.5) is 0 Å². The van der Waals surface area contributed by atoms with E-state index in [-0.39, 0.29) is 0 Å². The number of unbranched alkanes of at least 4 members (excludes halogenated alkanes) is 2. The molecule has 5 heteroatoms. The molecule has 20 heavy (non-hydrogen) atoms. The molecule has 0 radical (unpaired) electrons. The topological polar surface area (TPSA) is 52.6 Å². The lowest BCUT2D eigenvalue weighted by molar-refractivity contribution is -0.107. The molecule has 0 rings (SSSR count). The van der Waals surface area contributed by atoms with Gasteiger partial charge in [-0.15, -0.1) is 12.3 Å². The number of carbonyl (C=O) groups is 1. The molecule has 0 amide bonds. The molecule has 0 heterocycles. The maximum Gasteiger partial charge on any atom is 0.354 e. The Labute approximate surface area is 122 Å². The van der Waals surface area contributed by atoms with Gasteiger partial charge in [0.2, 0.25) is 0 Å². The van der Waals surface area contributed by atoms with Gasteiger partial charge in [0.15, 0.2) is 0 Å². The van der Waals surface area contributed by atoms with Crippen molar-refractivity contribution in [2.24, 2.45) is 0 Å². The summed E-state index contributed by atoms with van der Waals surface area (Å²) in [6, 6.07) is 0. The average molecular weight is 300 g/mol. The minimum Gasteiger partial charge on any atom is -0.306 e. The van der Waals surface area contributed by atoms with Gasteiger partial charge in [-0.1, -0.05) is 5.57 Å². The van der Waals surface area contributed by atoms with Crippen molar-refractivity contribution in [2.75, 3.05) is 13.2 Å². The molecule has 0 unspecified atom stereocenters. The Balaban J connectivity index is 4.76. The van der Waals surface area contributed by atoms with E-state index in [9.17, 15) is 9.36 Å². The number of allylic oxidation sites excluding steroid dienone is 1. The number of carbonyl (C=O) groups excluding carboxylic acids is 1. The van der Waals surface area contributed by atoms with Gasteiger partial charge in [0, 0.05) is 18.7 Å². The normalized spacial score (nSPS) is 12.2. The van der Waals surface area contributed by atoms with E-state index >= 15 is 0 Å². The summed E-state index contributed by atoms with van der Waals surface area (Å²) in [5.74, 6) is 4.19. The molecule has 0 saturated carbocycles. The molecule has 114 valence electrons. The van der Waals surface area contributed by atoms with E-state index in [1.165, 1.54) is 0 Å². The van der Waals surface area contributed by atoms with E-state index < -0.39 is 7.60 Å². The first-order chi connectivity index (χ1) is 9.61. The van der Waals surface area contributed by atoms with Crippen molar-refractivity contribution < 1.29 is 18.4 Å². The molecule has 0 atom stereocenters. The summed E-state index contributed by atoms with van der Waals surface area (Å²) in [7, 11) is -3.17. The molecule has 0 aliphatic heterocycles. The molecule has 0 aliphatic carbocycles. The van der Waals surface area contributed by atoms with Crippen molar-refractivity contribution in [1.29, 1.82) is 0 Å². The molecular weight excluding hydrogens is 275 g/mol. The van der Waals surface area contributed by atoms with Gasteiger partial charge >= 0.3 is 7.60 Å². The van der Waals surface area contributed by atoms with Gasteiger partial charge in [0.05, 0.1) is 13.2 Å². The van der Waals surface area contributed by atoms with Crippen molar-refractivity contribution >= 4 is 13.9 Å². The summed E-state index contributed by atoms with van der Waals surface area (Å²) < 4.78 is 23.0. The maximum absolute atomic E-state index is 12.4. The lowest BCUT2D eigenvalue weighted by Crippen LogP contribution is -1.95. The largest absolute Gasteiger partial charge is 0.354 e. The lowest BCUT2D eigenvalue weighted by Gasteiger charge is -2.15. The SMILES string of the molecule is C#CCC/C(=C\P(=O)(OCC)OCC)CCCCC=O. The van der Waals surface area contributed by atoms with Crippen LogP contribution >= 0.6 is 7.60 Å². The molecule has 0 spiro atoms. The fraction of sp³-hybridized carbons (Fsp3) is 0.667. The molecule has 0 aromatic rings. The van der Waals surface area contributed by atoms with Gasteiger partial charge in [-0.3, -0.25) is 4.57 Å². The third-order valence-electron chi connectivity index (χ3n) is 2.62. The molecule has 0 aliphatic rings. The highest BCUT2D eigenvalue weighted by molar-refractivity contribution is 7.57. The lowest BCUT2D eigenvalue weighted by atomic mass is 10.0. The Bertz CT molecular complexity index is 372. The van der Waals surface area contributed by atoms with Gasteiger partial charge in [0.1, 0.15) is 6.29 Å². The second-order valence-corrected chi connectivity index (χ2v) is 6.13. The first-order valence-electron chi connectivity index (χ1n) is 7.08. The smallest absolute Gasteiger partial charge is 0.306 e. The molecule has 0 aromatic carbocycles. The molecule has 0 bridgehead atoms. The van der Waals surface area contributed by atoms with Crippen LogP contribution in [0, 0.1) is 12.3 Å². The van der Waals surface area contributed by atoms with E-state index in [0.29, 0.717) is 32.5 Å². The van der Waals surface area contributed by atoms with E-state index in [4.69, 9.17) is 15.5 Å². The van der Waals surface area contributed by atoms with Crippen molar-refractivity contribution in [3.8, 4) is 12.3 Å². The molecule has 0 aromatic heterocycles. The standard InChI is InChI=1S/C15H25O4P/c1-4-7-11-15(12-9-8-10-13-16)14-20(17,18-5-2)19-6-3/h1,13-14H,5-12H2,2-3H3/b15-14+. The quantitative estimate of drug-likeness (QED) is 0.233. The molecule has 4 nitrogen and oxygen atoms in total. The highest BCUT2D eigenvalue weighted by Crippen LogP contribution is 2.51. The number of hydrogen-bond donors (Lipinski definition) is 0. The van der Waals surface area contributed by atoms with Crippen molar-refractivity contribution in [3.05, 3.63) is 11.4 Å². The van der Waals surface area contributed by atoms with Crippen LogP contribution in [0.15, 0.2) is 11.4 Å². The number of rotatable bonds is 12. The van der Waals surface area contributed by atoms with Crippen LogP contribution < -0.4 is 0 Å². The van der Waals surface area contributed by atoms with Crippen molar-refractivity contribution in [2.45, 2.75) is 52.4 Å². The molecule has 0 fully saturated rings. The van der Waals surface area contributed by atoms with Crippen LogP contribution in [0.5, 0.6) is 0 Å². The van der Waals surface area contributed by atoms with E-state index in [2.05, 4.69) is 5.92 Å². The molecule has 0 saturated heterocycles. The third-order valence-corrected chi connectivity index (χ3v) is 4.54. The van der Waals surface area contributed by atoms with Crippen LogP contribution in [0.25, 0.3) is 0 Å². The predicted octanol–water partition coefficient (Wildman–Crippen LogP) is 4.31. The van der Waals surface area contributed by atoms with Crippen LogP contribution in [0.1, 0.15) is 52.4 Å². The van der Waals surface area contributed by atoms with Gasteiger partial charge in [0.25, 0.3) is 0 Å². The second kappa shape index (κ2) is 11.9. The van der Waals surface area contributed by atoms with Crippen LogP contribution in [0.2, 0.25) is 0 Å². The van der Waals surface area contributed by atoms with Gasteiger partial charge < -0.3 is 13.8 Å². The predicted molar refractivity (Wildman–Crippen MR) is 81.5 cm³/mol. The Morgan fingerprint density at radius 1 is 1.20 bits per heavy atom. The van der Waals surface area contributed by atoms with Gasteiger partial charge in [-0.05, 0) is 39.5 Å². The number of aldehydes is 1. The zero-order valence-corrected chi connectivity index (χ0v) is 13.4. The monoisotopic (exact) mass is 300 g/mol. The first kappa shape index (κ1) is 19.1. The fourth-order valence-corrected chi connectivity index (χ4v) is 3.41. The Morgan fingerprint density at radius 2 is 1.85 bits per heavy atom. The fourth-order valence-electron chi connectivity index (χ4n) is 1.76. The zero-order chi connectivity index (χ0) is 15.3. The summed E-state index contributed by atoms with van der Waals surface area (Å²) in [5.41, 5.74) is 0.985. The van der Waals surface area contributed by atoms with Crippen LogP contribution in [0.3, 0.4) is 0 Å². The summed E-state index contributed by atoms with van der Waals surface area (Å²) in [6.45, 7) is 4.23. The van der Waals surface area contributed by atoms with E-state index in [1.807, 2.05) is 0 Å². The molecular formula is C15H25O4P. The van der Waals surface area contributed by atoms with Gasteiger partial charge in [-0.25, -0.2) is 0 Å². The number of hydrogen-bond acceptors (Lipinski definition) is 4. The van der Waals surface area contributed by atoms with Gasteiger partial charge in [-0.2, -0.15) is 0 Å². The van der Waals surface area contributed by atoms with Crippen molar-refractivity contribution in [3.63, 3.8) is 0 Å². The first-order valence-corrected chi connectivity index (χ1v) is 8.69. The minimum absolute atomic E-state index is 0.335. The maximum atomic E-state index is 12.4. The number of terminal acetylenes is 1. The summed E-state index contributed by atoms with van der Waals surface area (Å²) in [5, 5.41) is 0. The van der Waals surface area contributed by atoms with Crippen LogP contribution in [-0.4, -0.2) is 19.5 Å². The van der Waals surface area contributed by atoms with Crippen LogP contribution in [-0.2, 0) is 18.4 Å². The summed E-state index contributed by atoms with van der Waals surface area (Å²) >= 11 is 0. The summed E-state index contributed by atoms with van der Waals surface area (Å²) in [4.78, 5) is 10.3. The van der Waals surface area contributed by atoms with E-state index in [0.717, 1.165) is 31.1 Å². The Hall–Kier alpha value is -0.880.